The molecule has 104 valence electrons. The molecule has 19 heavy (non-hydrogen) atoms. The maximum absolute atomic E-state index is 11.7. The van der Waals surface area contributed by atoms with Gasteiger partial charge >= 0.3 is 0 Å². The Balaban J connectivity index is 2.39. The Kier molecular flexibility index (Phi) is 4.27. The third-order valence-electron chi connectivity index (χ3n) is 3.28. The lowest BCUT2D eigenvalue weighted by molar-refractivity contribution is -0.119. The highest BCUT2D eigenvalue weighted by atomic mass is 16.5. The van der Waals surface area contributed by atoms with E-state index in [1.807, 2.05) is 23.1 Å². The molecule has 0 saturated carbocycles. The van der Waals surface area contributed by atoms with Gasteiger partial charge in [0.15, 0.2) is 0 Å². The van der Waals surface area contributed by atoms with Gasteiger partial charge in [0.2, 0.25) is 5.91 Å². The fourth-order valence-electron chi connectivity index (χ4n) is 2.42. The summed E-state index contributed by atoms with van der Waals surface area (Å²) < 4.78 is 5.31. The quantitative estimate of drug-likeness (QED) is 0.857. The summed E-state index contributed by atoms with van der Waals surface area (Å²) >= 11 is 0. The number of aliphatic hydroxyl groups is 1. The lowest BCUT2D eigenvalue weighted by atomic mass is 10.1. The topological polar surface area (TPSA) is 61.8 Å². The largest absolute Gasteiger partial charge is 0.496 e. The predicted molar refractivity (Wildman–Crippen MR) is 73.5 cm³/mol. The number of hydrogen-bond acceptors (Lipinski definition) is 4. The number of methoxy groups -OCH3 is 1. The van der Waals surface area contributed by atoms with Gasteiger partial charge in [0.1, 0.15) is 5.75 Å². The zero-order valence-corrected chi connectivity index (χ0v) is 11.3. The van der Waals surface area contributed by atoms with Crippen LogP contribution in [0, 0.1) is 0 Å². The van der Waals surface area contributed by atoms with Crippen molar-refractivity contribution in [2.24, 2.45) is 0 Å². The van der Waals surface area contributed by atoms with Crippen LogP contribution in [-0.2, 0) is 4.79 Å². The molecule has 2 rings (SSSR count). The van der Waals surface area contributed by atoms with Crippen molar-refractivity contribution >= 4 is 11.6 Å². The van der Waals surface area contributed by atoms with Gasteiger partial charge < -0.3 is 20.1 Å². The van der Waals surface area contributed by atoms with Crippen molar-refractivity contribution < 1.29 is 14.6 Å². The lowest BCUT2D eigenvalue weighted by Gasteiger charge is -2.26. The van der Waals surface area contributed by atoms with E-state index in [2.05, 4.69) is 5.32 Å². The first-order valence-corrected chi connectivity index (χ1v) is 6.50. The number of amides is 1. The predicted octanol–water partition coefficient (Wildman–Crippen LogP) is 1.07. The number of aliphatic hydroxyl groups excluding tert-OH is 1. The molecule has 1 fully saturated rings. The van der Waals surface area contributed by atoms with E-state index in [4.69, 9.17) is 4.74 Å². The molecule has 5 nitrogen and oxygen atoms in total. The van der Waals surface area contributed by atoms with Crippen LogP contribution in [0.3, 0.4) is 0 Å². The smallest absolute Gasteiger partial charge is 0.239 e. The maximum atomic E-state index is 11.7. The first-order valence-electron chi connectivity index (χ1n) is 6.50. The fraction of sp³-hybridized carbons (Fsp3) is 0.500. The highest BCUT2D eigenvalue weighted by molar-refractivity contribution is 5.82. The van der Waals surface area contributed by atoms with E-state index in [0.717, 1.165) is 24.2 Å². The average molecular weight is 264 g/mol. The van der Waals surface area contributed by atoms with Gasteiger partial charge in [-0.15, -0.1) is 0 Å². The molecule has 1 aromatic carbocycles. The van der Waals surface area contributed by atoms with Crippen molar-refractivity contribution in [3.63, 3.8) is 0 Å². The normalized spacial score (nSPS) is 17.6. The average Bonchev–Trinajstić information content (AvgIpc) is 2.62. The maximum Gasteiger partial charge on any atom is 0.239 e. The van der Waals surface area contributed by atoms with Crippen molar-refractivity contribution in [3.05, 3.63) is 23.8 Å². The minimum absolute atomic E-state index is 0.0110. The Hall–Kier alpha value is -1.75. The fourth-order valence-corrected chi connectivity index (χ4v) is 2.42. The number of nitrogens with zero attached hydrogens (tertiary/aromatic N) is 1. The van der Waals surface area contributed by atoms with Crippen molar-refractivity contribution in [3.8, 4) is 5.75 Å². The first-order chi connectivity index (χ1) is 9.13. The number of benzene rings is 1. The number of hydrogen-bond donors (Lipinski definition) is 2. The Morgan fingerprint density at radius 1 is 1.47 bits per heavy atom. The van der Waals surface area contributed by atoms with Gasteiger partial charge in [0.05, 0.1) is 19.8 Å². The molecule has 1 amide bonds. The van der Waals surface area contributed by atoms with Gasteiger partial charge in [0.25, 0.3) is 0 Å². The van der Waals surface area contributed by atoms with Crippen LogP contribution in [0.4, 0.5) is 5.69 Å². The van der Waals surface area contributed by atoms with Gasteiger partial charge in [-0.05, 0) is 25.5 Å². The molecular weight excluding hydrogens is 244 g/mol. The van der Waals surface area contributed by atoms with Crippen LogP contribution >= 0.6 is 0 Å². The van der Waals surface area contributed by atoms with Crippen LogP contribution in [0.5, 0.6) is 5.75 Å². The Morgan fingerprint density at radius 3 is 2.95 bits per heavy atom. The van der Waals surface area contributed by atoms with E-state index in [-0.39, 0.29) is 5.91 Å². The second-order valence-electron chi connectivity index (χ2n) is 4.69. The van der Waals surface area contributed by atoms with Crippen LogP contribution in [-0.4, -0.2) is 37.8 Å². The molecule has 1 unspecified atom stereocenters. The summed E-state index contributed by atoms with van der Waals surface area (Å²) in [6.45, 7) is 3.50. The standard InChI is InChI=1S/C14H20N2O3/c1-10(17)14-11(5-3-6-12(14)19-2)16-8-4-7-15-13(18)9-16/h3,5-6,10,17H,4,7-9H2,1-2H3,(H,15,18). The second kappa shape index (κ2) is 5.93. The number of carbonyl (C=O) groups excluding carboxylic acids is 1. The summed E-state index contributed by atoms with van der Waals surface area (Å²) in [5, 5.41) is 12.8. The SMILES string of the molecule is COc1cccc(N2CCCNC(=O)C2)c1C(C)O. The third-order valence-corrected chi connectivity index (χ3v) is 3.28. The van der Waals surface area contributed by atoms with Gasteiger partial charge in [-0.25, -0.2) is 0 Å². The molecule has 0 aliphatic carbocycles. The van der Waals surface area contributed by atoms with Gasteiger partial charge in [-0.2, -0.15) is 0 Å². The Morgan fingerprint density at radius 2 is 2.26 bits per heavy atom. The van der Waals surface area contributed by atoms with E-state index in [1.165, 1.54) is 0 Å². The highest BCUT2D eigenvalue weighted by Crippen LogP contribution is 2.34. The van der Waals surface area contributed by atoms with Gasteiger partial charge in [0, 0.05) is 24.3 Å². The third kappa shape index (κ3) is 2.98. The molecule has 1 atom stereocenters. The van der Waals surface area contributed by atoms with Crippen molar-refractivity contribution in [1.82, 2.24) is 5.32 Å². The molecule has 1 saturated heterocycles. The molecule has 0 aromatic heterocycles. The summed E-state index contributed by atoms with van der Waals surface area (Å²) in [4.78, 5) is 13.6. The van der Waals surface area contributed by atoms with Crippen molar-refractivity contribution in [1.29, 1.82) is 0 Å². The van der Waals surface area contributed by atoms with Crippen LogP contribution in [0.25, 0.3) is 0 Å². The molecule has 2 N–H and O–H groups in total. The highest BCUT2D eigenvalue weighted by Gasteiger charge is 2.21. The molecular formula is C14H20N2O3. The number of ether oxygens (including phenoxy) is 1. The number of anilines is 1. The number of nitrogens with one attached hydrogen (secondary N) is 1. The van der Waals surface area contributed by atoms with Crippen molar-refractivity contribution in [2.75, 3.05) is 31.6 Å². The summed E-state index contributed by atoms with van der Waals surface area (Å²) in [6.07, 6.45) is 0.250. The molecule has 5 heteroatoms. The monoisotopic (exact) mass is 264 g/mol. The molecule has 1 aromatic rings. The van der Waals surface area contributed by atoms with E-state index >= 15 is 0 Å². The summed E-state index contributed by atoms with van der Waals surface area (Å²) in [5.74, 6) is 0.661. The zero-order chi connectivity index (χ0) is 13.8. The first kappa shape index (κ1) is 13.7. The van der Waals surface area contributed by atoms with Crippen LogP contribution in [0.15, 0.2) is 18.2 Å². The molecule has 1 aliphatic heterocycles. The Labute approximate surface area is 113 Å². The van der Waals surface area contributed by atoms with Gasteiger partial charge in [-0.3, -0.25) is 4.79 Å². The lowest BCUT2D eigenvalue weighted by Crippen LogP contribution is -2.33. The Bertz CT molecular complexity index is 460. The van der Waals surface area contributed by atoms with E-state index in [0.29, 0.717) is 18.8 Å². The van der Waals surface area contributed by atoms with Crippen LogP contribution in [0.2, 0.25) is 0 Å². The molecule has 0 spiro atoms. The van der Waals surface area contributed by atoms with Crippen LogP contribution in [0.1, 0.15) is 25.0 Å². The van der Waals surface area contributed by atoms with Gasteiger partial charge in [-0.1, -0.05) is 6.07 Å². The van der Waals surface area contributed by atoms with Crippen molar-refractivity contribution in [2.45, 2.75) is 19.4 Å². The zero-order valence-electron chi connectivity index (χ0n) is 11.3. The minimum atomic E-state index is -0.641. The second-order valence-corrected chi connectivity index (χ2v) is 4.69. The summed E-state index contributed by atoms with van der Waals surface area (Å²) in [6, 6.07) is 5.62. The minimum Gasteiger partial charge on any atom is -0.496 e. The number of rotatable bonds is 3. The molecule has 0 radical (unpaired) electrons. The van der Waals surface area contributed by atoms with E-state index in [9.17, 15) is 9.90 Å². The molecule has 1 aliphatic rings. The summed E-state index contributed by atoms with van der Waals surface area (Å²) in [5.41, 5.74) is 1.60. The molecule has 0 bridgehead atoms. The van der Waals surface area contributed by atoms with E-state index in [1.54, 1.807) is 14.0 Å². The number of carbonyl (C=O) groups is 1. The molecule has 1 heterocycles. The van der Waals surface area contributed by atoms with Crippen LogP contribution < -0.4 is 15.0 Å². The van der Waals surface area contributed by atoms with E-state index < -0.39 is 6.10 Å². The summed E-state index contributed by atoms with van der Waals surface area (Å²) in [7, 11) is 1.58.